The second-order valence-electron chi connectivity index (χ2n) is 6.81. The Labute approximate surface area is 165 Å². The minimum Gasteiger partial charge on any atom is -0.408 e. The number of rotatable bonds is 2. The molecular formula is C24H15FN2O2. The van der Waals surface area contributed by atoms with Gasteiger partial charge < -0.3 is 4.42 Å². The van der Waals surface area contributed by atoms with Gasteiger partial charge in [0.1, 0.15) is 11.3 Å². The average molecular weight is 382 g/mol. The first-order valence-electron chi connectivity index (χ1n) is 9.17. The Morgan fingerprint density at radius 2 is 1.52 bits per heavy atom. The Kier molecular flexibility index (Phi) is 3.95. The molecule has 5 heteroatoms. The highest BCUT2D eigenvalue weighted by Gasteiger charge is 2.17. The summed E-state index contributed by atoms with van der Waals surface area (Å²) in [6.45, 7) is 1.61. The second-order valence-corrected chi connectivity index (χ2v) is 6.81. The third kappa shape index (κ3) is 2.97. The number of aryl methyl sites for hydroxylation is 1. The fraction of sp³-hybridized carbons (Fsp3) is 0.0417. The SMILES string of the molecule is Cc1nc2c(-c3ccc(-c4ccccc4)cc3)nc3ccc(F)cc3c2c(=O)o1. The molecule has 4 nitrogen and oxygen atoms in total. The smallest absolute Gasteiger partial charge is 0.347 e. The van der Waals surface area contributed by atoms with Crippen molar-refractivity contribution >= 4 is 21.8 Å². The van der Waals surface area contributed by atoms with Crippen LogP contribution in [0.3, 0.4) is 0 Å². The van der Waals surface area contributed by atoms with Gasteiger partial charge in [-0.25, -0.2) is 19.2 Å². The lowest BCUT2D eigenvalue weighted by Gasteiger charge is -2.10. The fourth-order valence-electron chi connectivity index (χ4n) is 3.56. The van der Waals surface area contributed by atoms with Crippen molar-refractivity contribution in [3.05, 3.63) is 94.9 Å². The average Bonchev–Trinajstić information content (AvgIpc) is 2.73. The Hall–Kier alpha value is -3.86. The van der Waals surface area contributed by atoms with E-state index < -0.39 is 11.4 Å². The van der Waals surface area contributed by atoms with Gasteiger partial charge in [-0.2, -0.15) is 0 Å². The quantitative estimate of drug-likeness (QED) is 0.377. The van der Waals surface area contributed by atoms with E-state index in [1.54, 1.807) is 13.0 Å². The van der Waals surface area contributed by atoms with Gasteiger partial charge in [0.25, 0.3) is 0 Å². The molecule has 0 amide bonds. The van der Waals surface area contributed by atoms with Gasteiger partial charge in [0.05, 0.1) is 16.6 Å². The number of pyridine rings is 1. The van der Waals surface area contributed by atoms with Crippen LogP contribution in [0.15, 0.2) is 82.0 Å². The van der Waals surface area contributed by atoms with Crippen LogP contribution in [0.5, 0.6) is 0 Å². The predicted molar refractivity (Wildman–Crippen MR) is 111 cm³/mol. The van der Waals surface area contributed by atoms with Crippen LogP contribution in [0.25, 0.3) is 44.2 Å². The van der Waals surface area contributed by atoms with Gasteiger partial charge in [-0.3, -0.25) is 0 Å². The number of hydrogen-bond acceptors (Lipinski definition) is 4. The topological polar surface area (TPSA) is 56.0 Å². The second kappa shape index (κ2) is 6.63. The van der Waals surface area contributed by atoms with Crippen molar-refractivity contribution in [2.45, 2.75) is 6.92 Å². The van der Waals surface area contributed by atoms with E-state index in [2.05, 4.69) is 9.97 Å². The van der Waals surface area contributed by atoms with E-state index in [1.807, 2.05) is 54.6 Å². The van der Waals surface area contributed by atoms with Gasteiger partial charge in [-0.05, 0) is 29.3 Å². The maximum absolute atomic E-state index is 13.8. The molecule has 0 saturated carbocycles. The molecule has 0 N–H and O–H groups in total. The lowest BCUT2D eigenvalue weighted by molar-refractivity contribution is 0.467. The van der Waals surface area contributed by atoms with Crippen molar-refractivity contribution in [3.8, 4) is 22.4 Å². The molecule has 0 aliphatic heterocycles. The van der Waals surface area contributed by atoms with Crippen molar-refractivity contribution < 1.29 is 8.81 Å². The highest BCUT2D eigenvalue weighted by molar-refractivity contribution is 6.08. The van der Waals surface area contributed by atoms with Crippen molar-refractivity contribution in [2.24, 2.45) is 0 Å². The zero-order chi connectivity index (χ0) is 20.0. The molecule has 5 rings (SSSR count). The molecule has 29 heavy (non-hydrogen) atoms. The summed E-state index contributed by atoms with van der Waals surface area (Å²) in [6.07, 6.45) is 0. The lowest BCUT2D eigenvalue weighted by Crippen LogP contribution is -2.06. The summed E-state index contributed by atoms with van der Waals surface area (Å²) in [5, 5.41) is 0.633. The first-order valence-corrected chi connectivity index (χ1v) is 9.17. The molecule has 0 spiro atoms. The van der Waals surface area contributed by atoms with Crippen LogP contribution in [-0.4, -0.2) is 9.97 Å². The highest BCUT2D eigenvalue weighted by Crippen LogP contribution is 2.31. The fourth-order valence-corrected chi connectivity index (χ4v) is 3.56. The summed E-state index contributed by atoms with van der Waals surface area (Å²) in [4.78, 5) is 21.7. The van der Waals surface area contributed by atoms with E-state index in [4.69, 9.17) is 4.42 Å². The number of benzene rings is 3. The van der Waals surface area contributed by atoms with Crippen LogP contribution in [-0.2, 0) is 0 Å². The van der Waals surface area contributed by atoms with Crippen LogP contribution < -0.4 is 5.63 Å². The summed E-state index contributed by atoms with van der Waals surface area (Å²) < 4.78 is 19.0. The molecule has 2 aromatic heterocycles. The van der Waals surface area contributed by atoms with Crippen LogP contribution in [0.1, 0.15) is 5.89 Å². The van der Waals surface area contributed by atoms with E-state index in [0.29, 0.717) is 22.1 Å². The molecular weight excluding hydrogens is 367 g/mol. The van der Waals surface area contributed by atoms with Crippen LogP contribution in [0.4, 0.5) is 4.39 Å². The zero-order valence-corrected chi connectivity index (χ0v) is 15.5. The molecule has 0 radical (unpaired) electrons. The number of nitrogens with zero attached hydrogens (tertiary/aromatic N) is 2. The minimum atomic E-state index is -0.548. The Balaban J connectivity index is 1.78. The summed E-state index contributed by atoms with van der Waals surface area (Å²) in [6, 6.07) is 22.1. The van der Waals surface area contributed by atoms with Crippen molar-refractivity contribution in [2.75, 3.05) is 0 Å². The molecule has 0 aliphatic rings. The van der Waals surface area contributed by atoms with E-state index in [-0.39, 0.29) is 11.3 Å². The Morgan fingerprint density at radius 3 is 2.28 bits per heavy atom. The number of hydrogen-bond donors (Lipinski definition) is 0. The summed E-state index contributed by atoms with van der Waals surface area (Å²) in [5.74, 6) is -0.206. The van der Waals surface area contributed by atoms with Gasteiger partial charge in [0.15, 0.2) is 5.89 Å². The highest BCUT2D eigenvalue weighted by atomic mass is 19.1. The maximum Gasteiger partial charge on any atom is 0.347 e. The Morgan fingerprint density at radius 1 is 0.828 bits per heavy atom. The molecule has 0 fully saturated rings. The molecule has 140 valence electrons. The number of fused-ring (bicyclic) bond motifs is 3. The molecule has 0 saturated heterocycles. The molecule has 3 aromatic carbocycles. The van der Waals surface area contributed by atoms with Gasteiger partial charge >= 0.3 is 5.63 Å². The summed E-state index contributed by atoms with van der Waals surface area (Å²) in [7, 11) is 0. The molecule has 0 atom stereocenters. The van der Waals surface area contributed by atoms with E-state index >= 15 is 0 Å². The summed E-state index contributed by atoms with van der Waals surface area (Å²) >= 11 is 0. The first-order chi connectivity index (χ1) is 14.1. The van der Waals surface area contributed by atoms with Crippen molar-refractivity contribution in [3.63, 3.8) is 0 Å². The predicted octanol–water partition coefficient (Wildman–Crippen LogP) is 5.52. The normalized spacial score (nSPS) is 11.2. The summed E-state index contributed by atoms with van der Waals surface area (Å²) in [5.41, 5.74) is 3.94. The standard InChI is InChI=1S/C24H15FN2O2/c1-14-26-23-21(24(28)29-14)19-13-18(25)11-12-20(19)27-22(23)17-9-7-16(8-10-17)15-5-3-2-4-6-15/h2-13H,1H3. The Bertz CT molecular complexity index is 1430. The van der Waals surface area contributed by atoms with Crippen LogP contribution in [0, 0.1) is 12.7 Å². The maximum atomic E-state index is 13.8. The molecule has 5 aromatic rings. The van der Waals surface area contributed by atoms with Crippen LogP contribution >= 0.6 is 0 Å². The van der Waals surface area contributed by atoms with E-state index in [9.17, 15) is 9.18 Å². The first kappa shape index (κ1) is 17.3. The van der Waals surface area contributed by atoms with Gasteiger partial charge in [-0.15, -0.1) is 0 Å². The third-order valence-corrected chi connectivity index (χ3v) is 4.90. The van der Waals surface area contributed by atoms with E-state index in [1.165, 1.54) is 12.1 Å². The largest absolute Gasteiger partial charge is 0.408 e. The van der Waals surface area contributed by atoms with Gasteiger partial charge in [-0.1, -0.05) is 54.6 Å². The van der Waals surface area contributed by atoms with Gasteiger partial charge in [0, 0.05) is 17.9 Å². The molecule has 0 aliphatic carbocycles. The lowest BCUT2D eigenvalue weighted by atomic mass is 10.0. The monoisotopic (exact) mass is 382 g/mol. The molecule has 2 heterocycles. The molecule has 0 unspecified atom stereocenters. The zero-order valence-electron chi connectivity index (χ0n) is 15.5. The van der Waals surface area contributed by atoms with Crippen molar-refractivity contribution in [1.82, 2.24) is 9.97 Å². The van der Waals surface area contributed by atoms with Crippen molar-refractivity contribution in [1.29, 1.82) is 0 Å². The van der Waals surface area contributed by atoms with Gasteiger partial charge in [0.2, 0.25) is 0 Å². The van der Waals surface area contributed by atoms with E-state index in [0.717, 1.165) is 16.7 Å². The van der Waals surface area contributed by atoms with Crippen LogP contribution in [0.2, 0.25) is 0 Å². The minimum absolute atomic E-state index is 0.238. The third-order valence-electron chi connectivity index (χ3n) is 4.90. The number of aromatic nitrogens is 2. The molecule has 0 bridgehead atoms. The number of halogens is 1.